The van der Waals surface area contributed by atoms with Crippen LogP contribution in [-0.4, -0.2) is 53.8 Å². The largest absolute Gasteiger partial charge is 0.497 e. The molecule has 5 nitrogen and oxygen atoms in total. The fraction of sp³-hybridized carbons (Fsp3) is 0.600. The van der Waals surface area contributed by atoms with Crippen molar-refractivity contribution in [3.8, 4) is 5.75 Å². The van der Waals surface area contributed by atoms with Crippen molar-refractivity contribution in [2.24, 2.45) is 0 Å². The zero-order chi connectivity index (χ0) is 14.5. The highest BCUT2D eigenvalue weighted by molar-refractivity contribution is 5.26. The van der Waals surface area contributed by atoms with E-state index in [-0.39, 0.29) is 0 Å². The van der Waals surface area contributed by atoms with Crippen LogP contribution in [0.15, 0.2) is 24.3 Å². The lowest BCUT2D eigenvalue weighted by atomic mass is 10.2. The Hall–Kier alpha value is -1.14. The molecule has 0 unspecified atom stereocenters. The number of benzene rings is 1. The summed E-state index contributed by atoms with van der Waals surface area (Å²) in [5, 5.41) is 3.32. The maximum atomic E-state index is 5.44. The van der Waals surface area contributed by atoms with Crippen LogP contribution in [0.3, 0.4) is 0 Å². The molecular formula is C15H25NO4. The van der Waals surface area contributed by atoms with Gasteiger partial charge in [0, 0.05) is 20.2 Å². The van der Waals surface area contributed by atoms with Crippen LogP contribution < -0.4 is 10.1 Å². The molecule has 1 aromatic rings. The molecule has 0 heterocycles. The Labute approximate surface area is 121 Å². The van der Waals surface area contributed by atoms with Crippen LogP contribution >= 0.6 is 0 Å². The van der Waals surface area contributed by atoms with Gasteiger partial charge < -0.3 is 24.3 Å². The lowest BCUT2D eigenvalue weighted by Crippen LogP contribution is -2.20. The van der Waals surface area contributed by atoms with E-state index in [9.17, 15) is 0 Å². The zero-order valence-corrected chi connectivity index (χ0v) is 12.4. The summed E-state index contributed by atoms with van der Waals surface area (Å²) < 4.78 is 20.7. The maximum absolute atomic E-state index is 5.44. The lowest BCUT2D eigenvalue weighted by Gasteiger charge is -2.07. The van der Waals surface area contributed by atoms with Gasteiger partial charge in [0.2, 0.25) is 0 Å². The molecule has 0 aliphatic carbocycles. The van der Waals surface area contributed by atoms with Gasteiger partial charge in [-0.25, -0.2) is 0 Å². The number of ether oxygens (including phenoxy) is 4. The predicted octanol–water partition coefficient (Wildman–Crippen LogP) is 1.46. The highest BCUT2D eigenvalue weighted by Gasteiger charge is 1.94. The van der Waals surface area contributed by atoms with Gasteiger partial charge in [0.15, 0.2) is 0 Å². The Morgan fingerprint density at radius 1 is 0.850 bits per heavy atom. The van der Waals surface area contributed by atoms with Crippen LogP contribution in [0.5, 0.6) is 5.75 Å². The Morgan fingerprint density at radius 2 is 1.50 bits per heavy atom. The highest BCUT2D eigenvalue weighted by atomic mass is 16.5. The Bertz CT molecular complexity index is 329. The Kier molecular flexibility index (Phi) is 9.87. The van der Waals surface area contributed by atoms with Gasteiger partial charge in [-0.3, -0.25) is 0 Å². The highest BCUT2D eigenvalue weighted by Crippen LogP contribution is 2.10. The molecule has 0 bridgehead atoms. The van der Waals surface area contributed by atoms with E-state index in [2.05, 4.69) is 17.4 Å². The summed E-state index contributed by atoms with van der Waals surface area (Å²) in [4.78, 5) is 0. The second-order valence-electron chi connectivity index (χ2n) is 4.24. The first-order valence-electron chi connectivity index (χ1n) is 6.85. The molecule has 20 heavy (non-hydrogen) atoms. The summed E-state index contributed by atoms with van der Waals surface area (Å²) in [5.41, 5.74) is 1.23. The van der Waals surface area contributed by atoms with Crippen LogP contribution in [-0.2, 0) is 20.8 Å². The summed E-state index contributed by atoms with van der Waals surface area (Å²) in [7, 11) is 3.33. The third kappa shape index (κ3) is 8.12. The molecule has 0 aliphatic rings. The number of hydrogen-bond donors (Lipinski definition) is 1. The molecule has 1 rings (SSSR count). The fourth-order valence-corrected chi connectivity index (χ4v) is 1.58. The zero-order valence-electron chi connectivity index (χ0n) is 12.4. The molecule has 0 saturated carbocycles. The molecule has 0 radical (unpaired) electrons. The van der Waals surface area contributed by atoms with Crippen LogP contribution in [0.25, 0.3) is 0 Å². The molecule has 0 aromatic heterocycles. The molecule has 0 atom stereocenters. The second-order valence-corrected chi connectivity index (χ2v) is 4.24. The molecule has 0 saturated heterocycles. The monoisotopic (exact) mass is 283 g/mol. The van der Waals surface area contributed by atoms with E-state index in [1.807, 2.05) is 12.1 Å². The van der Waals surface area contributed by atoms with Crippen molar-refractivity contribution in [2.75, 3.05) is 53.8 Å². The second kappa shape index (κ2) is 11.7. The SMILES string of the molecule is COCCOCCOCCNCc1ccc(OC)cc1. The van der Waals surface area contributed by atoms with Gasteiger partial charge in [-0.15, -0.1) is 0 Å². The molecule has 0 spiro atoms. The molecular weight excluding hydrogens is 258 g/mol. The van der Waals surface area contributed by atoms with Gasteiger partial charge in [0.25, 0.3) is 0 Å². The average Bonchev–Trinajstić information content (AvgIpc) is 2.50. The smallest absolute Gasteiger partial charge is 0.118 e. The molecule has 1 aromatic carbocycles. The van der Waals surface area contributed by atoms with Crippen LogP contribution in [0, 0.1) is 0 Å². The van der Waals surface area contributed by atoms with Crippen molar-refractivity contribution >= 4 is 0 Å². The number of methoxy groups -OCH3 is 2. The topological polar surface area (TPSA) is 49.0 Å². The van der Waals surface area contributed by atoms with E-state index in [4.69, 9.17) is 18.9 Å². The summed E-state index contributed by atoms with van der Waals surface area (Å²) in [5.74, 6) is 0.880. The van der Waals surface area contributed by atoms with Gasteiger partial charge in [-0.1, -0.05) is 12.1 Å². The first-order chi connectivity index (χ1) is 9.86. The van der Waals surface area contributed by atoms with Gasteiger partial charge in [-0.05, 0) is 17.7 Å². The van der Waals surface area contributed by atoms with Crippen molar-refractivity contribution in [2.45, 2.75) is 6.54 Å². The minimum Gasteiger partial charge on any atom is -0.497 e. The fourth-order valence-electron chi connectivity index (χ4n) is 1.58. The molecule has 0 fully saturated rings. The maximum Gasteiger partial charge on any atom is 0.118 e. The van der Waals surface area contributed by atoms with E-state index in [1.54, 1.807) is 14.2 Å². The summed E-state index contributed by atoms with van der Waals surface area (Å²) in [6.45, 7) is 4.82. The normalized spacial score (nSPS) is 10.7. The quantitative estimate of drug-likeness (QED) is 0.589. The van der Waals surface area contributed by atoms with Gasteiger partial charge in [0.1, 0.15) is 5.75 Å². The summed E-state index contributed by atoms with van der Waals surface area (Å²) in [6.07, 6.45) is 0. The lowest BCUT2D eigenvalue weighted by molar-refractivity contribution is 0.0255. The third-order valence-electron chi connectivity index (χ3n) is 2.72. The number of rotatable bonds is 12. The van der Waals surface area contributed by atoms with E-state index >= 15 is 0 Å². The van der Waals surface area contributed by atoms with Crippen LogP contribution in [0.1, 0.15) is 5.56 Å². The Morgan fingerprint density at radius 3 is 2.15 bits per heavy atom. The predicted molar refractivity (Wildman–Crippen MR) is 78.2 cm³/mol. The van der Waals surface area contributed by atoms with Gasteiger partial charge in [-0.2, -0.15) is 0 Å². The van der Waals surface area contributed by atoms with Crippen LogP contribution in [0.2, 0.25) is 0 Å². The van der Waals surface area contributed by atoms with Gasteiger partial charge >= 0.3 is 0 Å². The van der Waals surface area contributed by atoms with E-state index < -0.39 is 0 Å². The summed E-state index contributed by atoms with van der Waals surface area (Å²) in [6, 6.07) is 8.03. The summed E-state index contributed by atoms with van der Waals surface area (Å²) >= 11 is 0. The van der Waals surface area contributed by atoms with E-state index in [0.29, 0.717) is 33.0 Å². The van der Waals surface area contributed by atoms with Crippen molar-refractivity contribution < 1.29 is 18.9 Å². The molecule has 0 amide bonds. The number of nitrogens with one attached hydrogen (secondary N) is 1. The van der Waals surface area contributed by atoms with Gasteiger partial charge in [0.05, 0.1) is 40.1 Å². The third-order valence-corrected chi connectivity index (χ3v) is 2.72. The molecule has 114 valence electrons. The first kappa shape index (κ1) is 16.9. The van der Waals surface area contributed by atoms with Crippen molar-refractivity contribution in [1.29, 1.82) is 0 Å². The minimum absolute atomic E-state index is 0.613. The average molecular weight is 283 g/mol. The number of hydrogen-bond acceptors (Lipinski definition) is 5. The minimum atomic E-state index is 0.613. The Balaban J connectivity index is 1.91. The molecule has 0 aliphatic heterocycles. The van der Waals surface area contributed by atoms with E-state index in [0.717, 1.165) is 18.8 Å². The van der Waals surface area contributed by atoms with Crippen molar-refractivity contribution in [1.82, 2.24) is 5.32 Å². The van der Waals surface area contributed by atoms with Crippen molar-refractivity contribution in [3.05, 3.63) is 29.8 Å². The first-order valence-corrected chi connectivity index (χ1v) is 6.85. The molecule has 1 N–H and O–H groups in total. The molecule has 5 heteroatoms. The standard InChI is InChI=1S/C15H25NO4/c1-17-9-10-20-12-11-19-8-7-16-13-14-3-5-15(18-2)6-4-14/h3-6,16H,7-13H2,1-2H3. The van der Waals surface area contributed by atoms with Crippen LogP contribution in [0.4, 0.5) is 0 Å². The van der Waals surface area contributed by atoms with E-state index in [1.165, 1.54) is 5.56 Å². The van der Waals surface area contributed by atoms with Crippen molar-refractivity contribution in [3.63, 3.8) is 0 Å².